The molecule has 100 valence electrons. The molecule has 1 unspecified atom stereocenters. The van der Waals surface area contributed by atoms with Crippen molar-refractivity contribution in [3.05, 3.63) is 23.8 Å². The molecule has 0 saturated carbocycles. The highest BCUT2D eigenvalue weighted by atomic mass is 35.5. The number of amides is 1. The Hall–Kier alpha value is -1.42. The highest BCUT2D eigenvalue weighted by molar-refractivity contribution is 6.17. The minimum atomic E-state index is -0.365. The first-order chi connectivity index (χ1) is 8.45. The Labute approximate surface area is 112 Å². The van der Waals surface area contributed by atoms with Crippen LogP contribution in [0.1, 0.15) is 30.6 Å². The summed E-state index contributed by atoms with van der Waals surface area (Å²) in [5, 5.41) is 21.6. The molecule has 1 aromatic carbocycles. The van der Waals surface area contributed by atoms with Crippen LogP contribution in [0.5, 0.6) is 11.5 Å². The highest BCUT2D eigenvalue weighted by Gasteiger charge is 2.18. The average molecular weight is 272 g/mol. The smallest absolute Gasteiger partial charge is 0.255 e. The summed E-state index contributed by atoms with van der Waals surface area (Å²) < 4.78 is 0. The van der Waals surface area contributed by atoms with E-state index in [0.717, 1.165) is 6.07 Å². The lowest BCUT2D eigenvalue weighted by atomic mass is 10.0. The summed E-state index contributed by atoms with van der Waals surface area (Å²) in [4.78, 5) is 12.0. The van der Waals surface area contributed by atoms with Gasteiger partial charge in [-0.15, -0.1) is 11.6 Å². The molecular weight excluding hydrogens is 254 g/mol. The number of rotatable bonds is 5. The molecule has 4 nitrogen and oxygen atoms in total. The topological polar surface area (TPSA) is 69.6 Å². The summed E-state index contributed by atoms with van der Waals surface area (Å²) >= 11 is 5.69. The van der Waals surface area contributed by atoms with Gasteiger partial charge in [0.25, 0.3) is 5.91 Å². The first kappa shape index (κ1) is 14.6. The Morgan fingerprint density at radius 1 is 1.39 bits per heavy atom. The number of carbonyl (C=O) groups excluding carboxylic acids is 1. The molecule has 0 aromatic heterocycles. The zero-order chi connectivity index (χ0) is 13.7. The molecule has 3 N–H and O–H groups in total. The van der Waals surface area contributed by atoms with Crippen LogP contribution in [0.3, 0.4) is 0 Å². The van der Waals surface area contributed by atoms with Gasteiger partial charge in [-0.2, -0.15) is 0 Å². The monoisotopic (exact) mass is 271 g/mol. The zero-order valence-electron chi connectivity index (χ0n) is 10.5. The summed E-state index contributed by atoms with van der Waals surface area (Å²) in [5.41, 5.74) is 0.146. The Balaban J connectivity index is 2.80. The largest absolute Gasteiger partial charge is 0.508 e. The van der Waals surface area contributed by atoms with E-state index in [1.54, 1.807) is 0 Å². The Morgan fingerprint density at radius 3 is 2.56 bits per heavy atom. The molecule has 0 saturated heterocycles. The van der Waals surface area contributed by atoms with E-state index in [9.17, 15) is 9.90 Å². The Morgan fingerprint density at radius 2 is 2.06 bits per heavy atom. The first-order valence-corrected chi connectivity index (χ1v) is 6.38. The maximum atomic E-state index is 12.0. The van der Waals surface area contributed by atoms with Gasteiger partial charge in [-0.05, 0) is 24.5 Å². The standard InChI is InChI=1S/C13H18ClNO3/c1-8(2)11(5-6-14)15-13(18)10-4-3-9(16)7-12(10)17/h3-4,7-8,11,16-17H,5-6H2,1-2H3,(H,15,18). The molecule has 0 radical (unpaired) electrons. The molecule has 0 fully saturated rings. The quantitative estimate of drug-likeness (QED) is 0.721. The van der Waals surface area contributed by atoms with E-state index in [1.807, 2.05) is 13.8 Å². The van der Waals surface area contributed by atoms with Gasteiger partial charge in [-0.1, -0.05) is 13.8 Å². The minimum absolute atomic E-state index is 0.0387. The fourth-order valence-electron chi connectivity index (χ4n) is 1.65. The van der Waals surface area contributed by atoms with Gasteiger partial charge < -0.3 is 15.5 Å². The van der Waals surface area contributed by atoms with Crippen LogP contribution in [0, 0.1) is 5.92 Å². The molecule has 0 spiro atoms. The summed E-state index contributed by atoms with van der Waals surface area (Å²) in [6.07, 6.45) is 0.670. The third-order valence-electron chi connectivity index (χ3n) is 2.77. The molecule has 0 heterocycles. The van der Waals surface area contributed by atoms with E-state index in [-0.39, 0.29) is 34.9 Å². The third kappa shape index (κ3) is 3.81. The van der Waals surface area contributed by atoms with Crippen LogP contribution >= 0.6 is 11.6 Å². The SMILES string of the molecule is CC(C)C(CCCl)NC(=O)c1ccc(O)cc1O. The minimum Gasteiger partial charge on any atom is -0.508 e. The summed E-state index contributed by atoms with van der Waals surface area (Å²) in [7, 11) is 0. The normalized spacial score (nSPS) is 12.4. The molecule has 0 aliphatic heterocycles. The number of alkyl halides is 1. The average Bonchev–Trinajstić information content (AvgIpc) is 2.27. The number of phenolic OH excluding ortho intramolecular Hbond substituents is 2. The second-order valence-corrected chi connectivity index (χ2v) is 4.88. The number of aromatic hydroxyl groups is 2. The van der Waals surface area contributed by atoms with E-state index in [0.29, 0.717) is 12.3 Å². The van der Waals surface area contributed by atoms with Gasteiger partial charge in [0.05, 0.1) is 5.56 Å². The molecule has 1 aromatic rings. The molecule has 1 amide bonds. The molecule has 0 bridgehead atoms. The van der Waals surface area contributed by atoms with Crippen molar-refractivity contribution in [1.29, 1.82) is 0 Å². The second kappa shape index (κ2) is 6.50. The fraction of sp³-hybridized carbons (Fsp3) is 0.462. The van der Waals surface area contributed by atoms with Crippen LogP contribution in [-0.4, -0.2) is 28.0 Å². The van der Waals surface area contributed by atoms with E-state index in [4.69, 9.17) is 16.7 Å². The number of phenols is 2. The van der Waals surface area contributed by atoms with E-state index >= 15 is 0 Å². The highest BCUT2D eigenvalue weighted by Crippen LogP contribution is 2.22. The molecule has 5 heteroatoms. The van der Waals surface area contributed by atoms with Crippen molar-refractivity contribution in [3.63, 3.8) is 0 Å². The molecule has 1 rings (SSSR count). The molecule has 1 atom stereocenters. The molecule has 0 aliphatic rings. The van der Waals surface area contributed by atoms with E-state index in [1.165, 1.54) is 12.1 Å². The number of benzene rings is 1. The van der Waals surface area contributed by atoms with Crippen LogP contribution < -0.4 is 5.32 Å². The van der Waals surface area contributed by atoms with Gasteiger partial charge in [0, 0.05) is 18.0 Å². The number of hydrogen-bond donors (Lipinski definition) is 3. The second-order valence-electron chi connectivity index (χ2n) is 4.50. The lowest BCUT2D eigenvalue weighted by Crippen LogP contribution is -2.38. The van der Waals surface area contributed by atoms with Crippen LogP contribution in [0.15, 0.2) is 18.2 Å². The summed E-state index contributed by atoms with van der Waals surface area (Å²) in [5.74, 6) is 0.0411. The van der Waals surface area contributed by atoms with Crippen molar-refractivity contribution in [2.24, 2.45) is 5.92 Å². The van der Waals surface area contributed by atoms with Crippen LogP contribution in [0.2, 0.25) is 0 Å². The van der Waals surface area contributed by atoms with Crippen LogP contribution in [0.25, 0.3) is 0 Å². The van der Waals surface area contributed by atoms with Gasteiger partial charge in [0.15, 0.2) is 0 Å². The lowest BCUT2D eigenvalue weighted by molar-refractivity contribution is 0.0922. The van der Waals surface area contributed by atoms with Crippen LogP contribution in [0.4, 0.5) is 0 Å². The summed E-state index contributed by atoms with van der Waals surface area (Å²) in [6, 6.07) is 3.85. The van der Waals surface area contributed by atoms with Gasteiger partial charge in [0.2, 0.25) is 0 Å². The van der Waals surface area contributed by atoms with Crippen molar-refractivity contribution in [3.8, 4) is 11.5 Å². The van der Waals surface area contributed by atoms with Crippen molar-refractivity contribution in [2.45, 2.75) is 26.3 Å². The number of nitrogens with one attached hydrogen (secondary N) is 1. The maximum absolute atomic E-state index is 12.0. The van der Waals surface area contributed by atoms with Crippen LogP contribution in [-0.2, 0) is 0 Å². The van der Waals surface area contributed by atoms with Crippen molar-refractivity contribution >= 4 is 17.5 Å². The van der Waals surface area contributed by atoms with Gasteiger partial charge in [-0.3, -0.25) is 4.79 Å². The maximum Gasteiger partial charge on any atom is 0.255 e. The molecular formula is C13H18ClNO3. The fourth-order valence-corrected chi connectivity index (χ4v) is 1.88. The predicted octanol–water partition coefficient (Wildman–Crippen LogP) is 2.48. The van der Waals surface area contributed by atoms with Crippen molar-refractivity contribution < 1.29 is 15.0 Å². The number of halogens is 1. The third-order valence-corrected chi connectivity index (χ3v) is 2.99. The predicted molar refractivity (Wildman–Crippen MR) is 71.2 cm³/mol. The zero-order valence-corrected chi connectivity index (χ0v) is 11.2. The first-order valence-electron chi connectivity index (χ1n) is 5.84. The number of carbonyl (C=O) groups is 1. The van der Waals surface area contributed by atoms with Crippen molar-refractivity contribution in [1.82, 2.24) is 5.32 Å². The number of hydrogen-bond acceptors (Lipinski definition) is 3. The lowest BCUT2D eigenvalue weighted by Gasteiger charge is -2.21. The van der Waals surface area contributed by atoms with Crippen molar-refractivity contribution in [2.75, 3.05) is 5.88 Å². The Kier molecular flexibility index (Phi) is 5.28. The molecule has 18 heavy (non-hydrogen) atoms. The van der Waals surface area contributed by atoms with E-state index < -0.39 is 0 Å². The molecule has 0 aliphatic carbocycles. The van der Waals surface area contributed by atoms with Gasteiger partial charge >= 0.3 is 0 Å². The van der Waals surface area contributed by atoms with Gasteiger partial charge in [-0.25, -0.2) is 0 Å². The van der Waals surface area contributed by atoms with Gasteiger partial charge in [0.1, 0.15) is 11.5 Å². The summed E-state index contributed by atoms with van der Waals surface area (Å²) in [6.45, 7) is 3.99. The van der Waals surface area contributed by atoms with E-state index in [2.05, 4.69) is 5.32 Å². The Bertz CT molecular complexity index is 421.